The van der Waals surface area contributed by atoms with Crippen molar-refractivity contribution in [2.75, 3.05) is 0 Å². The molecule has 5 nitrogen and oxygen atoms in total. The molecule has 0 aliphatic heterocycles. The van der Waals surface area contributed by atoms with Gasteiger partial charge < -0.3 is 0 Å². The van der Waals surface area contributed by atoms with Crippen LogP contribution in [0.3, 0.4) is 0 Å². The fourth-order valence-corrected chi connectivity index (χ4v) is 0. The third kappa shape index (κ3) is 104. The number of hydrogen-bond donors (Lipinski definition) is 0. The molecule has 0 radical (unpaired) electrons. The van der Waals surface area contributed by atoms with Crippen LogP contribution in [0.25, 0.3) is 0 Å². The summed E-state index contributed by atoms with van der Waals surface area (Å²) in [6, 6.07) is 0. The minimum atomic E-state index is -7.62. The Morgan fingerprint density at radius 3 is 0.667 bits per heavy atom. The van der Waals surface area contributed by atoms with Crippen LogP contribution in [-0.4, -0.2) is 0 Å². The summed E-state index contributed by atoms with van der Waals surface area (Å²) >= 11 is -7.62. The van der Waals surface area contributed by atoms with Gasteiger partial charge in [0.1, 0.15) is 0 Å². The first-order chi connectivity index (χ1) is 2.24. The second-order valence-corrected chi connectivity index (χ2v) is 2.81. The van der Waals surface area contributed by atoms with Gasteiger partial charge in [0.15, 0.2) is 0 Å². The molecule has 0 unspecified atom stereocenters. The van der Waals surface area contributed by atoms with Gasteiger partial charge in [-0.1, -0.05) is 0 Å². The molecule has 0 aliphatic carbocycles. The van der Waals surface area contributed by atoms with E-state index in [0.29, 0.717) is 0 Å². The third-order valence-corrected chi connectivity index (χ3v) is 0. The summed E-state index contributed by atoms with van der Waals surface area (Å²) in [5, 5.41) is 0. The first-order valence-electron chi connectivity index (χ1n) is 0.833. The molecule has 6 heteroatoms. The van der Waals surface area contributed by atoms with Crippen molar-refractivity contribution < 1.29 is 30.7 Å². The molecule has 0 amide bonds. The van der Waals surface area contributed by atoms with E-state index in [2.05, 4.69) is 0 Å². The van der Waals surface area contributed by atoms with Crippen LogP contribution < -0.4 is 0 Å². The average Bonchev–Trinajstić information content (AvgIpc) is 0.650. The molecule has 0 rings (SSSR count). The number of hydrogen-bond acceptors (Lipinski definition) is 5. The zero-order valence-corrected chi connectivity index (χ0v) is 3.72. The fraction of sp³-hybridized carbons (Fsp3) is 0. The molecular formula is CrO5. The zero-order chi connectivity index (χ0) is 5.45. The molecule has 0 spiro atoms. The summed E-state index contributed by atoms with van der Waals surface area (Å²) in [5.41, 5.74) is 0. The van der Waals surface area contributed by atoms with Gasteiger partial charge in [-0.3, -0.25) is 0 Å². The molecular weight excluding hydrogens is 132 g/mol. The predicted octanol–water partition coefficient (Wildman–Crippen LogP) is -0.597. The second-order valence-electron chi connectivity index (χ2n) is 0.680. The summed E-state index contributed by atoms with van der Waals surface area (Å²) in [6.07, 6.45) is 0. The SMILES string of the molecule is [O]=[Cr](=[O])(=[O])(=[O])=[O]. The summed E-state index contributed by atoms with van der Waals surface area (Å²) in [4.78, 5) is 0. The Hall–Kier alpha value is -0.468. The summed E-state index contributed by atoms with van der Waals surface area (Å²) in [7, 11) is 0. The molecule has 0 atom stereocenters. The van der Waals surface area contributed by atoms with Gasteiger partial charge in [-0.05, 0) is 0 Å². The van der Waals surface area contributed by atoms with Crippen molar-refractivity contribution in [3.8, 4) is 0 Å². The molecule has 0 heterocycles. The molecule has 0 aromatic carbocycles. The van der Waals surface area contributed by atoms with E-state index in [9.17, 15) is 0 Å². The first kappa shape index (κ1) is 5.53. The van der Waals surface area contributed by atoms with Gasteiger partial charge in [0.2, 0.25) is 0 Å². The van der Waals surface area contributed by atoms with Crippen LogP contribution in [0.1, 0.15) is 0 Å². The van der Waals surface area contributed by atoms with E-state index < -0.39 is 11.7 Å². The van der Waals surface area contributed by atoms with Gasteiger partial charge in [0, 0.05) is 0 Å². The van der Waals surface area contributed by atoms with E-state index >= 15 is 0 Å². The van der Waals surface area contributed by atoms with E-state index in [1.807, 2.05) is 0 Å². The van der Waals surface area contributed by atoms with Crippen LogP contribution in [0, 0.1) is 0 Å². The first-order valence-corrected chi connectivity index (χ1v) is 3.44. The number of rotatable bonds is 0. The molecule has 6 heavy (non-hydrogen) atoms. The summed E-state index contributed by atoms with van der Waals surface area (Å²) in [5.74, 6) is 0. The maximum absolute atomic E-state index is 8.62. The molecule has 0 aromatic rings. The quantitative estimate of drug-likeness (QED) is 0.439. The Kier molecular flexibility index (Phi) is 0.574. The molecule has 0 bridgehead atoms. The second kappa shape index (κ2) is 0.622. The minimum absolute atomic E-state index is 7.62. The molecule has 0 saturated carbocycles. The third-order valence-electron chi connectivity index (χ3n) is 0. The standard InChI is InChI=1S/Cr.5O. The topological polar surface area (TPSA) is 85.3 Å². The van der Waals surface area contributed by atoms with E-state index in [0.717, 1.165) is 0 Å². The van der Waals surface area contributed by atoms with Crippen LogP contribution in [0.15, 0.2) is 0 Å². The summed E-state index contributed by atoms with van der Waals surface area (Å²) in [6.45, 7) is 0. The zero-order valence-electron chi connectivity index (χ0n) is 2.45. The van der Waals surface area contributed by atoms with Crippen molar-refractivity contribution in [1.29, 1.82) is 0 Å². The molecule has 0 saturated heterocycles. The van der Waals surface area contributed by atoms with Gasteiger partial charge in [0.25, 0.3) is 0 Å². The summed E-state index contributed by atoms with van der Waals surface area (Å²) < 4.78 is 43.1. The molecule has 0 aromatic heterocycles. The fourth-order valence-electron chi connectivity index (χ4n) is 0. The molecule has 0 aliphatic rings. The Balaban J connectivity index is 7.45. The van der Waals surface area contributed by atoms with E-state index in [4.69, 9.17) is 19.0 Å². The molecule has 36 valence electrons. The van der Waals surface area contributed by atoms with Crippen molar-refractivity contribution in [3.63, 3.8) is 0 Å². The van der Waals surface area contributed by atoms with Crippen LogP contribution in [0.5, 0.6) is 0 Å². The normalized spacial score (nSPS) is 10.0. The van der Waals surface area contributed by atoms with Gasteiger partial charge in [0.05, 0.1) is 0 Å². The van der Waals surface area contributed by atoms with Crippen molar-refractivity contribution >= 4 is 0 Å². The Morgan fingerprint density at radius 2 is 0.667 bits per heavy atom. The van der Waals surface area contributed by atoms with E-state index in [-0.39, 0.29) is 0 Å². The Labute approximate surface area is 31.6 Å². The molecule has 0 N–H and O–H groups in total. The van der Waals surface area contributed by atoms with Crippen LogP contribution in [0.4, 0.5) is 0 Å². The van der Waals surface area contributed by atoms with Crippen LogP contribution in [-0.2, 0) is 30.7 Å². The maximum atomic E-state index is 8.62. The van der Waals surface area contributed by atoms with E-state index in [1.165, 1.54) is 0 Å². The van der Waals surface area contributed by atoms with Crippen molar-refractivity contribution in [2.45, 2.75) is 0 Å². The van der Waals surface area contributed by atoms with Crippen molar-refractivity contribution in [2.24, 2.45) is 0 Å². The van der Waals surface area contributed by atoms with Gasteiger partial charge in [-0.15, -0.1) is 0 Å². The Bertz CT molecular complexity index is 274. The average molecular weight is 132 g/mol. The van der Waals surface area contributed by atoms with Crippen molar-refractivity contribution in [1.82, 2.24) is 0 Å². The monoisotopic (exact) mass is 132 g/mol. The van der Waals surface area contributed by atoms with Crippen LogP contribution >= 0.6 is 0 Å². The predicted molar refractivity (Wildman–Crippen MR) is 3.43 cm³/mol. The van der Waals surface area contributed by atoms with Gasteiger partial charge >= 0.3 is 30.7 Å². The van der Waals surface area contributed by atoms with Crippen molar-refractivity contribution in [3.05, 3.63) is 0 Å². The van der Waals surface area contributed by atoms with Crippen LogP contribution in [0.2, 0.25) is 0 Å². The Morgan fingerprint density at radius 1 is 0.667 bits per heavy atom. The van der Waals surface area contributed by atoms with Gasteiger partial charge in [-0.25, -0.2) is 0 Å². The van der Waals surface area contributed by atoms with E-state index in [1.54, 1.807) is 0 Å². The molecule has 0 fully saturated rings. The van der Waals surface area contributed by atoms with Gasteiger partial charge in [-0.2, -0.15) is 0 Å².